The van der Waals surface area contributed by atoms with Gasteiger partial charge in [0.2, 0.25) is 17.5 Å². The number of amides is 1. The highest BCUT2D eigenvalue weighted by molar-refractivity contribution is 5.99. The first-order valence-corrected chi connectivity index (χ1v) is 5.85. The van der Waals surface area contributed by atoms with Gasteiger partial charge in [-0.25, -0.2) is 0 Å². The number of rotatable bonds is 2. The van der Waals surface area contributed by atoms with Gasteiger partial charge in [-0.05, 0) is 23.8 Å². The molecule has 1 aromatic carbocycles. The zero-order valence-corrected chi connectivity index (χ0v) is 10.3. The van der Waals surface area contributed by atoms with Crippen LogP contribution in [0.2, 0.25) is 0 Å². The average molecular weight is 297 g/mol. The number of benzene rings is 1. The van der Waals surface area contributed by atoms with Crippen molar-refractivity contribution >= 4 is 23.0 Å². The van der Waals surface area contributed by atoms with Gasteiger partial charge in [-0.2, -0.15) is 22.5 Å². The lowest BCUT2D eigenvalue weighted by Crippen LogP contribution is -2.06. The molecule has 1 aromatic heterocycles. The Morgan fingerprint density at radius 2 is 1.76 bits per heavy atom. The van der Waals surface area contributed by atoms with Crippen molar-refractivity contribution in [1.29, 1.82) is 0 Å². The highest BCUT2D eigenvalue weighted by Gasteiger charge is 2.22. The number of nitrogens with one attached hydrogen (secondary N) is 2. The second-order valence-corrected chi connectivity index (χ2v) is 4.42. The van der Waals surface area contributed by atoms with Gasteiger partial charge in [0.25, 0.3) is 11.9 Å². The average Bonchev–Trinajstić information content (AvgIpc) is 2.80. The van der Waals surface area contributed by atoms with Crippen molar-refractivity contribution in [3.63, 3.8) is 0 Å². The summed E-state index contributed by atoms with van der Waals surface area (Å²) >= 11 is 0. The predicted molar refractivity (Wildman–Crippen MR) is 66.1 cm³/mol. The maximum atomic E-state index is 13.5. The fraction of sp³-hybridized carbons (Fsp3) is 0.0769. The summed E-state index contributed by atoms with van der Waals surface area (Å²) in [7, 11) is 0. The molecule has 0 unspecified atom stereocenters. The van der Waals surface area contributed by atoms with Gasteiger partial charge in [-0.15, -0.1) is 0 Å². The van der Waals surface area contributed by atoms with Crippen molar-refractivity contribution in [3.8, 4) is 0 Å². The smallest absolute Gasteiger partial charge is 0.253 e. The lowest BCUT2D eigenvalue weighted by molar-refractivity contribution is -0.115. The van der Waals surface area contributed by atoms with Gasteiger partial charge in [0.15, 0.2) is 0 Å². The minimum Gasteiger partial charge on any atom is -0.350 e. The number of aromatic nitrogens is 1. The summed E-state index contributed by atoms with van der Waals surface area (Å²) in [6.45, 7) is 0. The summed E-state index contributed by atoms with van der Waals surface area (Å²) in [6.07, 6.45) is 0.120. The normalized spacial score (nSPS) is 13.0. The van der Waals surface area contributed by atoms with E-state index in [0.717, 1.165) is 0 Å². The zero-order chi connectivity index (χ0) is 15.1. The summed E-state index contributed by atoms with van der Waals surface area (Å²) in [4.78, 5) is 13.7. The van der Waals surface area contributed by atoms with Crippen LogP contribution in [0.15, 0.2) is 18.2 Å². The largest absolute Gasteiger partial charge is 0.350 e. The first-order valence-electron chi connectivity index (χ1n) is 5.85. The van der Waals surface area contributed by atoms with Crippen LogP contribution in [0.3, 0.4) is 0 Å². The Hall–Kier alpha value is -2.64. The molecule has 8 heteroatoms. The Morgan fingerprint density at radius 1 is 1.10 bits per heavy atom. The van der Waals surface area contributed by atoms with Crippen molar-refractivity contribution in [2.75, 3.05) is 10.6 Å². The molecule has 0 spiro atoms. The molecule has 108 valence electrons. The van der Waals surface area contributed by atoms with Crippen molar-refractivity contribution in [3.05, 3.63) is 47.3 Å². The maximum absolute atomic E-state index is 13.5. The number of hydrogen-bond acceptors (Lipinski definition) is 3. The lowest BCUT2D eigenvalue weighted by Gasteiger charge is -2.10. The standard InChI is InChI=1S/C13H7F4N3O/c14-9-11(10(15)13(17)20-12(9)16)18-6-1-2-7-5(3-6)4-8(21)19-7/h1-3H,4H2,(H,18,20)(H,19,21). The Bertz CT molecular complexity index is 737. The van der Waals surface area contributed by atoms with Crippen molar-refractivity contribution in [2.24, 2.45) is 0 Å². The fourth-order valence-electron chi connectivity index (χ4n) is 2.05. The van der Waals surface area contributed by atoms with Crippen LogP contribution in [0, 0.1) is 23.5 Å². The van der Waals surface area contributed by atoms with Crippen molar-refractivity contribution in [2.45, 2.75) is 6.42 Å². The van der Waals surface area contributed by atoms with E-state index in [1.54, 1.807) is 0 Å². The first-order chi connectivity index (χ1) is 9.95. The minimum absolute atomic E-state index is 0.120. The second-order valence-electron chi connectivity index (χ2n) is 4.42. The molecule has 4 nitrogen and oxygen atoms in total. The van der Waals surface area contributed by atoms with Crippen molar-refractivity contribution in [1.82, 2.24) is 4.98 Å². The third-order valence-corrected chi connectivity index (χ3v) is 3.00. The summed E-state index contributed by atoms with van der Waals surface area (Å²) in [6, 6.07) is 4.40. The number of anilines is 3. The Morgan fingerprint density at radius 3 is 2.43 bits per heavy atom. The lowest BCUT2D eigenvalue weighted by atomic mass is 10.1. The zero-order valence-electron chi connectivity index (χ0n) is 10.3. The van der Waals surface area contributed by atoms with E-state index < -0.39 is 29.2 Å². The molecule has 1 amide bonds. The van der Waals surface area contributed by atoms with E-state index in [2.05, 4.69) is 15.6 Å². The van der Waals surface area contributed by atoms with Crippen LogP contribution in [-0.2, 0) is 11.2 Å². The number of pyridine rings is 1. The number of carbonyl (C=O) groups excluding carboxylic acids is 1. The topological polar surface area (TPSA) is 54.0 Å². The summed E-state index contributed by atoms with van der Waals surface area (Å²) in [5, 5.41) is 4.84. The number of carbonyl (C=O) groups is 1. The van der Waals surface area contributed by atoms with Gasteiger partial charge < -0.3 is 10.6 Å². The van der Waals surface area contributed by atoms with Crippen LogP contribution < -0.4 is 10.6 Å². The van der Waals surface area contributed by atoms with E-state index in [4.69, 9.17) is 0 Å². The molecule has 0 saturated heterocycles. The molecule has 0 aliphatic carbocycles. The van der Waals surface area contributed by atoms with Crippen LogP contribution in [0.5, 0.6) is 0 Å². The van der Waals surface area contributed by atoms with Gasteiger partial charge in [0, 0.05) is 11.4 Å². The Labute approximate surface area is 115 Å². The van der Waals surface area contributed by atoms with Crippen LogP contribution in [-0.4, -0.2) is 10.9 Å². The highest BCUT2D eigenvalue weighted by Crippen LogP contribution is 2.30. The molecule has 0 fully saturated rings. The molecule has 3 rings (SSSR count). The first kappa shape index (κ1) is 13.3. The SMILES string of the molecule is O=C1Cc2cc(Nc3c(F)c(F)nc(F)c3F)ccc2N1. The quantitative estimate of drug-likeness (QED) is 0.662. The molecule has 0 bridgehead atoms. The number of fused-ring (bicyclic) bond motifs is 1. The number of hydrogen-bond donors (Lipinski definition) is 2. The van der Waals surface area contributed by atoms with E-state index in [1.807, 2.05) is 0 Å². The summed E-state index contributed by atoms with van der Waals surface area (Å²) < 4.78 is 53.0. The second kappa shape index (κ2) is 4.72. The maximum Gasteiger partial charge on any atom is 0.253 e. The molecule has 2 aromatic rings. The molecule has 0 radical (unpaired) electrons. The predicted octanol–water partition coefficient (Wildman–Crippen LogP) is 2.88. The van der Waals surface area contributed by atoms with Gasteiger partial charge >= 0.3 is 0 Å². The monoisotopic (exact) mass is 297 g/mol. The number of halogens is 4. The molecule has 2 N–H and O–H groups in total. The third kappa shape index (κ3) is 2.28. The molecule has 0 saturated carbocycles. The molecule has 21 heavy (non-hydrogen) atoms. The van der Waals surface area contributed by atoms with Gasteiger partial charge in [0.05, 0.1) is 6.42 Å². The Balaban J connectivity index is 1.99. The molecular weight excluding hydrogens is 290 g/mol. The molecule has 2 heterocycles. The van der Waals surface area contributed by atoms with Crippen LogP contribution in [0.4, 0.5) is 34.6 Å². The van der Waals surface area contributed by atoms with E-state index in [1.165, 1.54) is 18.2 Å². The fourth-order valence-corrected chi connectivity index (χ4v) is 2.05. The highest BCUT2D eigenvalue weighted by atomic mass is 19.2. The third-order valence-electron chi connectivity index (χ3n) is 3.00. The van der Waals surface area contributed by atoms with Crippen LogP contribution in [0.1, 0.15) is 5.56 Å². The van der Waals surface area contributed by atoms with Gasteiger partial charge in [-0.3, -0.25) is 4.79 Å². The van der Waals surface area contributed by atoms with Crippen LogP contribution in [0.25, 0.3) is 0 Å². The van der Waals surface area contributed by atoms with E-state index in [0.29, 0.717) is 11.3 Å². The van der Waals surface area contributed by atoms with Gasteiger partial charge in [-0.1, -0.05) is 0 Å². The Kier molecular flexibility index (Phi) is 3.00. The van der Waals surface area contributed by atoms with E-state index in [9.17, 15) is 22.4 Å². The summed E-state index contributed by atoms with van der Waals surface area (Å²) in [5.74, 6) is -6.93. The van der Waals surface area contributed by atoms with E-state index >= 15 is 0 Å². The number of nitrogens with zero attached hydrogens (tertiary/aromatic N) is 1. The summed E-state index contributed by atoms with van der Waals surface area (Å²) in [5.41, 5.74) is 0.407. The molecule has 1 aliphatic rings. The molecule has 1 aliphatic heterocycles. The minimum atomic E-state index is -1.74. The molecule has 0 atom stereocenters. The molecular formula is C13H7F4N3O. The van der Waals surface area contributed by atoms with Crippen LogP contribution >= 0.6 is 0 Å². The van der Waals surface area contributed by atoms with Crippen molar-refractivity contribution < 1.29 is 22.4 Å². The van der Waals surface area contributed by atoms with Gasteiger partial charge in [0.1, 0.15) is 5.69 Å². The van der Waals surface area contributed by atoms with E-state index in [-0.39, 0.29) is 18.0 Å².